The Morgan fingerprint density at radius 2 is 2.25 bits per heavy atom. The molecule has 104 valence electrons. The molecule has 0 atom stereocenters. The number of anilines is 1. The number of halogens is 1. The minimum atomic E-state index is -0.862. The first-order valence-corrected chi connectivity index (χ1v) is 5.44. The molecule has 0 aliphatic rings. The number of para-hydroxylation sites is 1. The van der Waals surface area contributed by atoms with Crippen molar-refractivity contribution >= 4 is 11.6 Å². The largest absolute Gasteiger partial charge is 0.428 e. The van der Waals surface area contributed by atoms with E-state index < -0.39 is 22.2 Å². The van der Waals surface area contributed by atoms with E-state index >= 15 is 0 Å². The van der Waals surface area contributed by atoms with Crippen LogP contribution in [0, 0.1) is 22.9 Å². The fraction of sp³-hybridized carbons (Fsp3) is 0.0909. The van der Waals surface area contributed by atoms with Crippen LogP contribution in [0.2, 0.25) is 0 Å². The van der Waals surface area contributed by atoms with E-state index in [1.165, 1.54) is 12.3 Å². The van der Waals surface area contributed by atoms with E-state index in [9.17, 15) is 14.5 Å². The van der Waals surface area contributed by atoms with E-state index in [0.29, 0.717) is 5.56 Å². The van der Waals surface area contributed by atoms with Crippen molar-refractivity contribution in [2.24, 2.45) is 5.84 Å². The number of nitrogens with zero attached hydrogens (tertiary/aromatic N) is 3. The lowest BCUT2D eigenvalue weighted by Crippen LogP contribution is -2.11. The fourth-order valence-corrected chi connectivity index (χ4v) is 1.44. The van der Waals surface area contributed by atoms with Gasteiger partial charge in [-0.25, -0.2) is 15.2 Å². The Balaban J connectivity index is 2.47. The maximum Gasteiger partial charge on any atom is 0.314 e. The van der Waals surface area contributed by atoms with Crippen molar-refractivity contribution in [1.82, 2.24) is 9.97 Å². The zero-order chi connectivity index (χ0) is 14.7. The van der Waals surface area contributed by atoms with Gasteiger partial charge in [0.1, 0.15) is 0 Å². The maximum atomic E-state index is 13.7. The Bertz CT molecular complexity index is 665. The van der Waals surface area contributed by atoms with Crippen LogP contribution >= 0.6 is 0 Å². The molecular weight excluding hydrogens is 269 g/mol. The van der Waals surface area contributed by atoms with E-state index in [-0.39, 0.29) is 11.8 Å². The Morgan fingerprint density at radius 1 is 1.50 bits per heavy atom. The standard InChI is InChI=1S/C11H10FN5O3/c1-6-5-14-11(16-13)15-10(6)20-9-7(12)3-2-4-8(9)17(18)19/h2-5H,13H2,1H3,(H,14,15,16). The van der Waals surface area contributed by atoms with Crippen molar-refractivity contribution in [2.75, 3.05) is 5.43 Å². The molecular formula is C11H10FN5O3. The van der Waals surface area contributed by atoms with Crippen LogP contribution in [0.4, 0.5) is 16.0 Å². The monoisotopic (exact) mass is 279 g/mol. The smallest absolute Gasteiger partial charge is 0.314 e. The number of nitro benzene ring substituents is 1. The van der Waals surface area contributed by atoms with Gasteiger partial charge in [-0.3, -0.25) is 15.5 Å². The van der Waals surface area contributed by atoms with E-state index in [4.69, 9.17) is 10.6 Å². The Morgan fingerprint density at radius 3 is 2.90 bits per heavy atom. The van der Waals surface area contributed by atoms with Gasteiger partial charge in [-0.15, -0.1) is 0 Å². The summed E-state index contributed by atoms with van der Waals surface area (Å²) in [7, 11) is 0. The maximum absolute atomic E-state index is 13.7. The summed E-state index contributed by atoms with van der Waals surface area (Å²) in [6.45, 7) is 1.61. The fourth-order valence-electron chi connectivity index (χ4n) is 1.44. The highest BCUT2D eigenvalue weighted by molar-refractivity contribution is 5.49. The van der Waals surface area contributed by atoms with Gasteiger partial charge in [0.25, 0.3) is 0 Å². The normalized spacial score (nSPS) is 10.2. The van der Waals surface area contributed by atoms with Crippen molar-refractivity contribution in [2.45, 2.75) is 6.92 Å². The Labute approximate surface area is 112 Å². The summed E-state index contributed by atoms with van der Waals surface area (Å²) in [5, 5.41) is 10.9. The lowest BCUT2D eigenvalue weighted by Gasteiger charge is -2.09. The molecule has 1 aromatic heterocycles. The summed E-state index contributed by atoms with van der Waals surface area (Å²) in [5.74, 6) is 3.80. The number of nitro groups is 1. The average molecular weight is 279 g/mol. The minimum Gasteiger partial charge on any atom is -0.428 e. The predicted molar refractivity (Wildman–Crippen MR) is 67.7 cm³/mol. The number of aryl methyl sites for hydroxylation is 1. The van der Waals surface area contributed by atoms with Crippen LogP contribution in [0.5, 0.6) is 11.6 Å². The molecule has 0 fully saturated rings. The molecule has 0 spiro atoms. The topological polar surface area (TPSA) is 116 Å². The summed E-state index contributed by atoms with van der Waals surface area (Å²) in [4.78, 5) is 17.8. The molecule has 0 amide bonds. The number of rotatable bonds is 4. The van der Waals surface area contributed by atoms with Crippen molar-refractivity contribution in [3.63, 3.8) is 0 Å². The van der Waals surface area contributed by atoms with Crippen LogP contribution in [-0.4, -0.2) is 14.9 Å². The van der Waals surface area contributed by atoms with Gasteiger partial charge in [0.15, 0.2) is 5.82 Å². The van der Waals surface area contributed by atoms with Crippen LogP contribution in [0.25, 0.3) is 0 Å². The molecule has 2 aromatic rings. The quantitative estimate of drug-likeness (QED) is 0.498. The molecule has 9 heteroatoms. The highest BCUT2D eigenvalue weighted by Crippen LogP contribution is 2.34. The molecule has 0 aliphatic carbocycles. The summed E-state index contributed by atoms with van der Waals surface area (Å²) in [6, 6.07) is 3.41. The first-order chi connectivity index (χ1) is 9.52. The summed E-state index contributed by atoms with van der Waals surface area (Å²) >= 11 is 0. The van der Waals surface area contributed by atoms with E-state index in [1.807, 2.05) is 0 Å². The molecule has 20 heavy (non-hydrogen) atoms. The second-order valence-electron chi connectivity index (χ2n) is 3.77. The lowest BCUT2D eigenvalue weighted by molar-refractivity contribution is -0.385. The van der Waals surface area contributed by atoms with Crippen molar-refractivity contribution in [3.8, 4) is 11.6 Å². The second kappa shape index (κ2) is 5.45. The molecule has 0 saturated heterocycles. The number of benzene rings is 1. The average Bonchev–Trinajstić information content (AvgIpc) is 2.43. The number of nitrogens with one attached hydrogen (secondary N) is 1. The predicted octanol–water partition coefficient (Wildman–Crippen LogP) is 1.91. The second-order valence-corrected chi connectivity index (χ2v) is 3.77. The molecule has 3 N–H and O–H groups in total. The summed E-state index contributed by atoms with van der Waals surface area (Å²) < 4.78 is 18.9. The molecule has 1 aromatic carbocycles. The van der Waals surface area contributed by atoms with Gasteiger partial charge in [0, 0.05) is 17.8 Å². The lowest BCUT2D eigenvalue weighted by atomic mass is 10.3. The van der Waals surface area contributed by atoms with Crippen LogP contribution in [0.3, 0.4) is 0 Å². The first-order valence-electron chi connectivity index (χ1n) is 5.44. The molecule has 0 radical (unpaired) electrons. The van der Waals surface area contributed by atoms with Crippen LogP contribution < -0.4 is 16.0 Å². The number of aromatic nitrogens is 2. The van der Waals surface area contributed by atoms with Gasteiger partial charge >= 0.3 is 5.69 Å². The van der Waals surface area contributed by atoms with Gasteiger partial charge in [0.05, 0.1) is 4.92 Å². The van der Waals surface area contributed by atoms with Crippen molar-refractivity contribution in [1.29, 1.82) is 0 Å². The number of nitrogen functional groups attached to an aromatic ring is 1. The SMILES string of the molecule is Cc1cnc(NN)nc1Oc1c(F)cccc1[N+](=O)[O-]. The van der Waals surface area contributed by atoms with Gasteiger partial charge in [-0.1, -0.05) is 6.07 Å². The number of ether oxygens (including phenoxy) is 1. The van der Waals surface area contributed by atoms with Gasteiger partial charge in [-0.05, 0) is 13.0 Å². The highest BCUT2D eigenvalue weighted by Gasteiger charge is 2.21. The van der Waals surface area contributed by atoms with Crippen LogP contribution in [0.15, 0.2) is 24.4 Å². The van der Waals surface area contributed by atoms with E-state index in [0.717, 1.165) is 12.1 Å². The summed E-state index contributed by atoms with van der Waals surface area (Å²) in [6.07, 6.45) is 1.39. The number of hydrazine groups is 1. The number of hydrogen-bond acceptors (Lipinski definition) is 7. The molecule has 0 aliphatic heterocycles. The molecule has 1 heterocycles. The third-order valence-electron chi connectivity index (χ3n) is 2.40. The third-order valence-corrected chi connectivity index (χ3v) is 2.40. The molecule has 2 rings (SSSR count). The Hall–Kier alpha value is -2.81. The van der Waals surface area contributed by atoms with Gasteiger partial charge in [-0.2, -0.15) is 4.98 Å². The summed E-state index contributed by atoms with van der Waals surface area (Å²) in [5.41, 5.74) is 2.18. The van der Waals surface area contributed by atoms with Crippen LogP contribution in [-0.2, 0) is 0 Å². The molecule has 0 bridgehead atoms. The van der Waals surface area contributed by atoms with Gasteiger partial charge < -0.3 is 4.74 Å². The zero-order valence-electron chi connectivity index (χ0n) is 10.3. The van der Waals surface area contributed by atoms with E-state index in [1.54, 1.807) is 6.92 Å². The molecule has 0 saturated carbocycles. The number of hydrogen-bond donors (Lipinski definition) is 2. The van der Waals surface area contributed by atoms with Crippen molar-refractivity contribution in [3.05, 3.63) is 45.9 Å². The Kier molecular flexibility index (Phi) is 3.71. The number of nitrogens with two attached hydrogens (primary N) is 1. The third kappa shape index (κ3) is 2.62. The van der Waals surface area contributed by atoms with Gasteiger partial charge in [0.2, 0.25) is 17.6 Å². The molecule has 8 nitrogen and oxygen atoms in total. The highest BCUT2D eigenvalue weighted by atomic mass is 19.1. The minimum absolute atomic E-state index is 0.0267. The first kappa shape index (κ1) is 13.6. The van der Waals surface area contributed by atoms with Crippen molar-refractivity contribution < 1.29 is 14.1 Å². The van der Waals surface area contributed by atoms with Crippen LogP contribution in [0.1, 0.15) is 5.56 Å². The zero-order valence-corrected chi connectivity index (χ0v) is 10.3. The van der Waals surface area contributed by atoms with E-state index in [2.05, 4.69) is 15.4 Å². The molecule has 0 unspecified atom stereocenters.